The van der Waals surface area contributed by atoms with Crippen molar-refractivity contribution in [2.75, 3.05) is 7.05 Å². The number of hydrogen-bond acceptors (Lipinski definition) is 4. The molecule has 1 aromatic rings. The number of rotatable bonds is 3. The average molecular weight is 286 g/mol. The summed E-state index contributed by atoms with van der Waals surface area (Å²) in [5.74, 6) is -2.05. The van der Waals surface area contributed by atoms with Crippen molar-refractivity contribution in [3.05, 3.63) is 11.8 Å². The van der Waals surface area contributed by atoms with Gasteiger partial charge in [-0.2, -0.15) is 18.3 Å². The number of aromatic nitrogens is 2. The van der Waals surface area contributed by atoms with Crippen LogP contribution in [0.1, 0.15) is 5.69 Å². The van der Waals surface area contributed by atoms with E-state index in [2.05, 4.69) is 10.2 Å². The second-order valence-corrected chi connectivity index (χ2v) is 4.94. The molecule has 7 nitrogen and oxygen atoms in total. The van der Waals surface area contributed by atoms with E-state index >= 15 is 0 Å². The highest BCUT2D eigenvalue weighted by molar-refractivity contribution is 7.89. The molecule has 0 spiro atoms. The van der Waals surface area contributed by atoms with Gasteiger partial charge in [0.25, 0.3) is 10.0 Å². The third-order valence-corrected chi connectivity index (χ3v) is 2.69. The molecular formula is C7H9F3N4O3S. The molecule has 102 valence electrons. The molecule has 0 aliphatic heterocycles. The molecule has 0 aromatic carbocycles. The lowest BCUT2D eigenvalue weighted by Crippen LogP contribution is -2.38. The molecule has 1 rings (SSSR count). The zero-order chi connectivity index (χ0) is 14.1. The molecule has 3 N–H and O–H groups in total. The van der Waals surface area contributed by atoms with Gasteiger partial charge in [-0.3, -0.25) is 9.89 Å². The number of carbonyl (C=O) groups excluding carboxylic acids is 1. The van der Waals surface area contributed by atoms with E-state index in [1.807, 2.05) is 0 Å². The van der Waals surface area contributed by atoms with E-state index in [4.69, 9.17) is 5.14 Å². The second-order valence-electron chi connectivity index (χ2n) is 3.44. The van der Waals surface area contributed by atoms with Gasteiger partial charge in [-0.15, -0.1) is 0 Å². The van der Waals surface area contributed by atoms with Crippen LogP contribution in [0, 0.1) is 0 Å². The quantitative estimate of drug-likeness (QED) is 0.786. The largest absolute Gasteiger partial charge is 0.471 e. The minimum atomic E-state index is -4.99. The van der Waals surface area contributed by atoms with Crippen LogP contribution in [0.4, 0.5) is 13.2 Å². The fourth-order valence-electron chi connectivity index (χ4n) is 1.11. The lowest BCUT2D eigenvalue weighted by molar-refractivity contribution is -0.184. The Kier molecular flexibility index (Phi) is 3.67. The molecule has 1 heterocycles. The van der Waals surface area contributed by atoms with Crippen molar-refractivity contribution in [3.8, 4) is 0 Å². The molecule has 0 unspecified atom stereocenters. The summed E-state index contributed by atoms with van der Waals surface area (Å²) < 4.78 is 57.9. The van der Waals surface area contributed by atoms with Gasteiger partial charge < -0.3 is 4.90 Å². The van der Waals surface area contributed by atoms with Crippen LogP contribution < -0.4 is 5.14 Å². The summed E-state index contributed by atoms with van der Waals surface area (Å²) in [6, 6.07) is 0.954. The fourth-order valence-corrected chi connectivity index (χ4v) is 1.59. The predicted molar refractivity (Wildman–Crippen MR) is 52.5 cm³/mol. The Bertz CT molecular complexity index is 551. The number of hydrogen-bond donors (Lipinski definition) is 2. The Morgan fingerprint density at radius 3 is 2.50 bits per heavy atom. The van der Waals surface area contributed by atoms with E-state index in [-0.39, 0.29) is 5.69 Å². The zero-order valence-electron chi connectivity index (χ0n) is 9.02. The van der Waals surface area contributed by atoms with Gasteiger partial charge in [-0.05, 0) is 0 Å². The Labute approximate surface area is 99.8 Å². The number of H-pyrrole nitrogens is 1. The van der Waals surface area contributed by atoms with Crippen LogP contribution in [0.5, 0.6) is 0 Å². The predicted octanol–water partition coefficient (Wildman–Crippen LogP) is -0.422. The minimum absolute atomic E-state index is 0.0131. The van der Waals surface area contributed by atoms with Gasteiger partial charge in [0, 0.05) is 13.1 Å². The Morgan fingerprint density at radius 2 is 2.11 bits per heavy atom. The lowest BCUT2D eigenvalue weighted by Gasteiger charge is -2.17. The summed E-state index contributed by atoms with van der Waals surface area (Å²) in [5.41, 5.74) is 0.0131. The second kappa shape index (κ2) is 4.57. The molecule has 0 aliphatic carbocycles. The molecule has 0 atom stereocenters. The van der Waals surface area contributed by atoms with E-state index in [0.29, 0.717) is 4.90 Å². The van der Waals surface area contributed by atoms with Crippen LogP contribution in [-0.2, 0) is 21.4 Å². The van der Waals surface area contributed by atoms with Gasteiger partial charge in [0.1, 0.15) is 0 Å². The molecule has 0 aliphatic rings. The Hall–Kier alpha value is -1.62. The normalized spacial score (nSPS) is 12.5. The number of primary sulfonamides is 1. The monoisotopic (exact) mass is 286 g/mol. The van der Waals surface area contributed by atoms with Crippen molar-refractivity contribution >= 4 is 15.9 Å². The van der Waals surface area contributed by atoms with Gasteiger partial charge in [0.2, 0.25) is 0 Å². The van der Waals surface area contributed by atoms with Crippen molar-refractivity contribution in [2.45, 2.75) is 17.7 Å². The van der Waals surface area contributed by atoms with Crippen LogP contribution in [0.15, 0.2) is 11.1 Å². The number of nitrogens with two attached hydrogens (primary N) is 1. The van der Waals surface area contributed by atoms with Crippen molar-refractivity contribution in [2.24, 2.45) is 5.14 Å². The summed E-state index contributed by atoms with van der Waals surface area (Å²) in [6.45, 7) is -0.471. The highest BCUT2D eigenvalue weighted by Crippen LogP contribution is 2.18. The summed E-state index contributed by atoms with van der Waals surface area (Å²) >= 11 is 0. The van der Waals surface area contributed by atoms with Crippen LogP contribution in [-0.4, -0.2) is 42.6 Å². The van der Waals surface area contributed by atoms with Crippen LogP contribution >= 0.6 is 0 Å². The summed E-state index contributed by atoms with van der Waals surface area (Å²) in [4.78, 5) is 11.2. The van der Waals surface area contributed by atoms with E-state index in [1.165, 1.54) is 0 Å². The molecule has 0 bridgehead atoms. The van der Waals surface area contributed by atoms with Gasteiger partial charge >= 0.3 is 12.1 Å². The molecule has 0 saturated carbocycles. The number of nitrogens with one attached hydrogen (secondary N) is 1. The molecule has 0 radical (unpaired) electrons. The van der Waals surface area contributed by atoms with Crippen molar-refractivity contribution < 1.29 is 26.4 Å². The van der Waals surface area contributed by atoms with Crippen molar-refractivity contribution in [1.82, 2.24) is 15.1 Å². The molecule has 18 heavy (non-hydrogen) atoms. The van der Waals surface area contributed by atoms with Crippen molar-refractivity contribution in [3.63, 3.8) is 0 Å². The van der Waals surface area contributed by atoms with Gasteiger partial charge in [-0.25, -0.2) is 13.6 Å². The molecule has 1 amide bonds. The van der Waals surface area contributed by atoms with Crippen molar-refractivity contribution in [1.29, 1.82) is 0 Å². The lowest BCUT2D eigenvalue weighted by atomic mass is 10.4. The number of halogens is 3. The first-order valence-corrected chi connectivity index (χ1v) is 5.96. The molecular weight excluding hydrogens is 277 g/mol. The highest BCUT2D eigenvalue weighted by Gasteiger charge is 2.41. The van der Waals surface area contributed by atoms with Crippen LogP contribution in [0.3, 0.4) is 0 Å². The van der Waals surface area contributed by atoms with E-state index in [9.17, 15) is 26.4 Å². The smallest absolute Gasteiger partial charge is 0.332 e. The van der Waals surface area contributed by atoms with Crippen LogP contribution in [0.25, 0.3) is 0 Å². The molecule has 0 saturated heterocycles. The van der Waals surface area contributed by atoms with Crippen LogP contribution in [0.2, 0.25) is 0 Å². The van der Waals surface area contributed by atoms with Gasteiger partial charge in [0.15, 0.2) is 5.03 Å². The van der Waals surface area contributed by atoms with E-state index in [0.717, 1.165) is 13.1 Å². The first kappa shape index (κ1) is 14.4. The number of amides is 1. The maximum absolute atomic E-state index is 12.1. The number of sulfonamides is 1. The van der Waals surface area contributed by atoms with Gasteiger partial charge in [-0.1, -0.05) is 0 Å². The van der Waals surface area contributed by atoms with Gasteiger partial charge in [0.05, 0.1) is 12.2 Å². The Balaban J connectivity index is 2.81. The number of carbonyl (C=O) groups is 1. The fraction of sp³-hybridized carbons (Fsp3) is 0.429. The first-order valence-electron chi connectivity index (χ1n) is 4.41. The molecule has 1 aromatic heterocycles. The maximum atomic E-state index is 12.1. The molecule has 11 heteroatoms. The van der Waals surface area contributed by atoms with E-state index in [1.54, 1.807) is 0 Å². The number of aromatic amines is 1. The average Bonchev–Trinajstić information content (AvgIpc) is 2.62. The zero-order valence-corrected chi connectivity index (χ0v) is 9.84. The topological polar surface area (TPSA) is 109 Å². The minimum Gasteiger partial charge on any atom is -0.332 e. The maximum Gasteiger partial charge on any atom is 0.471 e. The summed E-state index contributed by atoms with van der Waals surface area (Å²) in [5, 5.41) is 9.73. The third-order valence-electron chi connectivity index (χ3n) is 1.90. The first-order chi connectivity index (χ1) is 8.01. The highest BCUT2D eigenvalue weighted by atomic mass is 32.2. The Morgan fingerprint density at radius 1 is 1.56 bits per heavy atom. The standard InChI is InChI=1S/C7H9F3N4O3S/c1-14(6(15)7(8,9)10)3-4-2-5(13-12-4)18(11,16)17/h2H,3H2,1H3,(H,12,13)(H2,11,16,17). The number of alkyl halides is 3. The molecule has 0 fully saturated rings. The SMILES string of the molecule is CN(Cc1cc(S(N)(=O)=O)n[nH]1)C(=O)C(F)(F)F. The summed E-state index contributed by atoms with van der Waals surface area (Å²) in [6.07, 6.45) is -4.99. The van der Waals surface area contributed by atoms with E-state index < -0.39 is 33.7 Å². The third kappa shape index (κ3) is 3.43. The summed E-state index contributed by atoms with van der Waals surface area (Å²) in [7, 11) is -3.11. The number of nitrogens with zero attached hydrogens (tertiary/aromatic N) is 2.